The molecular weight excluding hydrogens is 456 g/mol. The van der Waals surface area contributed by atoms with Crippen molar-refractivity contribution >= 4 is 17.4 Å². The molecule has 3 rings (SSSR count). The Bertz CT molecular complexity index is 1090. The summed E-state index contributed by atoms with van der Waals surface area (Å²) in [6.45, 7) is 13.7. The number of Topliss-reactive ketones (excluding diaryl/α,β-unsaturated/α-hetero) is 1. The van der Waals surface area contributed by atoms with E-state index in [0.717, 1.165) is 19.6 Å². The van der Waals surface area contributed by atoms with E-state index in [1.807, 2.05) is 31.2 Å². The van der Waals surface area contributed by atoms with Crippen LogP contribution in [0.1, 0.15) is 44.4 Å². The van der Waals surface area contributed by atoms with E-state index in [-0.39, 0.29) is 11.3 Å². The standard InChI is InChI=1S/C29H36N2O5/c1-5-19-36-24-12-9-11-22(20-24)26-25(27(32)21-13-15-23(16-14-21)35-8-4)28(33)29(34)31(26)18-10-17-30(6-2)7-3/h5,9,11-16,20,26,32H,1,6-8,10,17-19H2,2-4H3/t26-/m0/s1. The highest BCUT2D eigenvalue weighted by Crippen LogP contribution is 2.40. The molecule has 1 amide bonds. The lowest BCUT2D eigenvalue weighted by Crippen LogP contribution is -2.33. The summed E-state index contributed by atoms with van der Waals surface area (Å²) in [4.78, 5) is 30.3. The van der Waals surface area contributed by atoms with Crippen molar-refractivity contribution in [2.75, 3.05) is 39.4 Å². The van der Waals surface area contributed by atoms with E-state index in [4.69, 9.17) is 9.47 Å². The first-order valence-electron chi connectivity index (χ1n) is 12.5. The van der Waals surface area contributed by atoms with Crippen LogP contribution < -0.4 is 9.47 Å². The first kappa shape index (κ1) is 27.0. The van der Waals surface area contributed by atoms with Crippen LogP contribution in [0.3, 0.4) is 0 Å². The molecule has 1 saturated heterocycles. The summed E-state index contributed by atoms with van der Waals surface area (Å²) in [6, 6.07) is 13.4. The normalized spacial score (nSPS) is 17.0. The van der Waals surface area contributed by atoms with E-state index in [1.54, 1.807) is 35.2 Å². The molecular formula is C29H36N2O5. The number of aliphatic hydroxyl groups excluding tert-OH is 1. The molecule has 7 nitrogen and oxygen atoms in total. The second kappa shape index (κ2) is 12.9. The van der Waals surface area contributed by atoms with Gasteiger partial charge in [-0.15, -0.1) is 0 Å². The summed E-state index contributed by atoms with van der Waals surface area (Å²) in [6.07, 6.45) is 2.36. The number of likely N-dealkylation sites (tertiary alicyclic amines) is 1. The van der Waals surface area contributed by atoms with Crippen LogP contribution in [0, 0.1) is 0 Å². The molecule has 0 saturated carbocycles. The lowest BCUT2D eigenvalue weighted by atomic mass is 9.95. The van der Waals surface area contributed by atoms with Gasteiger partial charge in [0.2, 0.25) is 0 Å². The van der Waals surface area contributed by atoms with Gasteiger partial charge in [-0.05, 0) is 74.9 Å². The average molecular weight is 493 g/mol. The summed E-state index contributed by atoms with van der Waals surface area (Å²) in [5, 5.41) is 11.3. The monoisotopic (exact) mass is 492 g/mol. The molecule has 1 N–H and O–H groups in total. The summed E-state index contributed by atoms with van der Waals surface area (Å²) < 4.78 is 11.2. The van der Waals surface area contributed by atoms with Gasteiger partial charge in [-0.3, -0.25) is 9.59 Å². The van der Waals surface area contributed by atoms with Gasteiger partial charge in [0.1, 0.15) is 23.9 Å². The Morgan fingerprint density at radius 3 is 2.42 bits per heavy atom. The topological polar surface area (TPSA) is 79.3 Å². The fraction of sp³-hybridized carbons (Fsp3) is 0.379. The van der Waals surface area contributed by atoms with Crippen molar-refractivity contribution in [2.24, 2.45) is 0 Å². The van der Waals surface area contributed by atoms with Crippen molar-refractivity contribution in [1.29, 1.82) is 0 Å². The van der Waals surface area contributed by atoms with E-state index in [1.165, 1.54) is 0 Å². The smallest absolute Gasteiger partial charge is 0.295 e. The van der Waals surface area contributed by atoms with E-state index >= 15 is 0 Å². The van der Waals surface area contributed by atoms with Gasteiger partial charge in [0.05, 0.1) is 18.2 Å². The van der Waals surface area contributed by atoms with Gasteiger partial charge in [-0.2, -0.15) is 0 Å². The fourth-order valence-corrected chi connectivity index (χ4v) is 4.42. The molecule has 1 heterocycles. The minimum Gasteiger partial charge on any atom is -0.507 e. The zero-order chi connectivity index (χ0) is 26.1. The highest BCUT2D eigenvalue weighted by Gasteiger charge is 2.45. The Hall–Kier alpha value is -3.58. The molecule has 0 spiro atoms. The molecule has 192 valence electrons. The van der Waals surface area contributed by atoms with Crippen LogP contribution in [0.5, 0.6) is 11.5 Å². The highest BCUT2D eigenvalue weighted by atomic mass is 16.5. The molecule has 0 bridgehead atoms. The maximum atomic E-state index is 13.3. The molecule has 2 aromatic carbocycles. The molecule has 7 heteroatoms. The van der Waals surface area contributed by atoms with Crippen molar-refractivity contribution in [3.8, 4) is 11.5 Å². The first-order chi connectivity index (χ1) is 17.4. The Kier molecular flexibility index (Phi) is 9.70. The number of carbonyl (C=O) groups excluding carboxylic acids is 2. The maximum absolute atomic E-state index is 13.3. The molecule has 0 radical (unpaired) electrons. The van der Waals surface area contributed by atoms with Crippen LogP contribution in [0.2, 0.25) is 0 Å². The number of ketones is 1. The zero-order valence-electron chi connectivity index (χ0n) is 21.4. The van der Waals surface area contributed by atoms with Crippen LogP contribution in [-0.4, -0.2) is 66.0 Å². The molecule has 0 unspecified atom stereocenters. The predicted octanol–water partition coefficient (Wildman–Crippen LogP) is 4.80. The molecule has 2 aromatic rings. The van der Waals surface area contributed by atoms with Crippen LogP contribution in [0.4, 0.5) is 0 Å². The van der Waals surface area contributed by atoms with Crippen molar-refractivity contribution in [3.63, 3.8) is 0 Å². The Morgan fingerprint density at radius 2 is 1.78 bits per heavy atom. The first-order valence-corrected chi connectivity index (χ1v) is 12.5. The van der Waals surface area contributed by atoms with E-state index in [2.05, 4.69) is 25.3 Å². The molecule has 1 aliphatic heterocycles. The Balaban J connectivity index is 2.03. The number of hydrogen-bond donors (Lipinski definition) is 1. The van der Waals surface area contributed by atoms with Gasteiger partial charge in [-0.25, -0.2) is 0 Å². The number of ether oxygens (including phenoxy) is 2. The third-order valence-electron chi connectivity index (χ3n) is 6.29. The van der Waals surface area contributed by atoms with Crippen molar-refractivity contribution < 1.29 is 24.2 Å². The van der Waals surface area contributed by atoms with E-state index in [9.17, 15) is 14.7 Å². The zero-order valence-corrected chi connectivity index (χ0v) is 21.4. The average Bonchev–Trinajstić information content (AvgIpc) is 3.15. The Labute approximate surface area is 213 Å². The third kappa shape index (κ3) is 6.15. The van der Waals surface area contributed by atoms with Crippen LogP contribution >= 0.6 is 0 Å². The molecule has 1 aliphatic rings. The van der Waals surface area contributed by atoms with Gasteiger partial charge in [0, 0.05) is 12.1 Å². The van der Waals surface area contributed by atoms with Gasteiger partial charge >= 0.3 is 0 Å². The lowest BCUT2D eigenvalue weighted by molar-refractivity contribution is -0.140. The van der Waals surface area contributed by atoms with Gasteiger partial charge in [-0.1, -0.05) is 38.6 Å². The van der Waals surface area contributed by atoms with Crippen molar-refractivity contribution in [2.45, 2.75) is 33.2 Å². The number of aliphatic hydroxyl groups is 1. The number of nitrogens with zero attached hydrogens (tertiary/aromatic N) is 2. The summed E-state index contributed by atoms with van der Waals surface area (Å²) >= 11 is 0. The number of carbonyl (C=O) groups is 2. The number of amides is 1. The summed E-state index contributed by atoms with van der Waals surface area (Å²) in [5.41, 5.74) is 1.22. The molecule has 1 atom stereocenters. The van der Waals surface area contributed by atoms with E-state index in [0.29, 0.717) is 48.8 Å². The van der Waals surface area contributed by atoms with Crippen LogP contribution in [0.15, 0.2) is 66.8 Å². The third-order valence-corrected chi connectivity index (χ3v) is 6.29. The summed E-state index contributed by atoms with van der Waals surface area (Å²) in [5.74, 6) is -0.238. The lowest BCUT2D eigenvalue weighted by Gasteiger charge is -2.27. The summed E-state index contributed by atoms with van der Waals surface area (Å²) in [7, 11) is 0. The molecule has 0 aromatic heterocycles. The maximum Gasteiger partial charge on any atom is 0.295 e. The second-order valence-electron chi connectivity index (χ2n) is 8.50. The number of benzene rings is 2. The Morgan fingerprint density at radius 1 is 1.06 bits per heavy atom. The van der Waals surface area contributed by atoms with Crippen molar-refractivity contribution in [1.82, 2.24) is 9.80 Å². The van der Waals surface area contributed by atoms with Crippen LogP contribution in [-0.2, 0) is 9.59 Å². The minimum atomic E-state index is -0.722. The minimum absolute atomic E-state index is 0.0767. The van der Waals surface area contributed by atoms with Gasteiger partial charge in [0.25, 0.3) is 11.7 Å². The molecule has 1 fully saturated rings. The van der Waals surface area contributed by atoms with Gasteiger partial charge in [0.15, 0.2) is 0 Å². The quantitative estimate of drug-likeness (QED) is 0.187. The van der Waals surface area contributed by atoms with Crippen LogP contribution in [0.25, 0.3) is 5.76 Å². The largest absolute Gasteiger partial charge is 0.507 e. The van der Waals surface area contributed by atoms with Crippen molar-refractivity contribution in [3.05, 3.63) is 77.9 Å². The molecule has 0 aliphatic carbocycles. The van der Waals surface area contributed by atoms with E-state index < -0.39 is 17.7 Å². The number of rotatable bonds is 13. The molecule has 36 heavy (non-hydrogen) atoms. The SMILES string of the molecule is C=CCOc1cccc([C@H]2C(=C(O)c3ccc(OCC)cc3)C(=O)C(=O)N2CCCN(CC)CC)c1. The van der Waals surface area contributed by atoms with Gasteiger partial charge < -0.3 is 24.4 Å². The fourth-order valence-electron chi connectivity index (χ4n) is 4.42. The second-order valence-corrected chi connectivity index (χ2v) is 8.50. The predicted molar refractivity (Wildman–Crippen MR) is 141 cm³/mol. The highest BCUT2D eigenvalue weighted by molar-refractivity contribution is 6.46. The number of hydrogen-bond acceptors (Lipinski definition) is 6.